The van der Waals surface area contributed by atoms with Crippen molar-refractivity contribution in [2.75, 3.05) is 18.9 Å². The standard InChI is InChI=1S/C14H16N2O3/c1-8(2)11-13(19-16-14(11)15)9-4-3-5-10-12(9)18-7-6-17-10/h3-5,8H,6-7H2,1-2H3,(H2,15,16). The second kappa shape index (κ2) is 4.50. The van der Waals surface area contributed by atoms with Crippen LogP contribution >= 0.6 is 0 Å². The Labute approximate surface area is 111 Å². The number of nitrogens with two attached hydrogens (primary N) is 1. The lowest BCUT2D eigenvalue weighted by Gasteiger charge is -2.20. The number of ether oxygens (including phenoxy) is 2. The Kier molecular flexibility index (Phi) is 2.81. The lowest BCUT2D eigenvalue weighted by atomic mass is 9.98. The molecule has 1 aromatic carbocycles. The summed E-state index contributed by atoms with van der Waals surface area (Å²) in [6, 6.07) is 5.72. The molecular formula is C14H16N2O3. The third-order valence-corrected chi connectivity index (χ3v) is 3.14. The number of benzene rings is 1. The predicted molar refractivity (Wildman–Crippen MR) is 71.4 cm³/mol. The van der Waals surface area contributed by atoms with E-state index in [0.717, 1.165) is 16.9 Å². The molecule has 0 amide bonds. The smallest absolute Gasteiger partial charge is 0.176 e. The molecule has 5 nitrogen and oxygen atoms in total. The topological polar surface area (TPSA) is 70.5 Å². The summed E-state index contributed by atoms with van der Waals surface area (Å²) in [5.74, 6) is 2.75. The fraction of sp³-hybridized carbons (Fsp3) is 0.357. The minimum absolute atomic E-state index is 0.224. The summed E-state index contributed by atoms with van der Waals surface area (Å²) < 4.78 is 16.7. The van der Waals surface area contributed by atoms with Crippen LogP contribution in [0, 0.1) is 0 Å². The monoisotopic (exact) mass is 260 g/mol. The van der Waals surface area contributed by atoms with Gasteiger partial charge < -0.3 is 19.7 Å². The molecule has 2 N–H and O–H groups in total. The average molecular weight is 260 g/mol. The van der Waals surface area contributed by atoms with Crippen molar-refractivity contribution in [2.45, 2.75) is 19.8 Å². The quantitative estimate of drug-likeness (QED) is 0.899. The summed E-state index contributed by atoms with van der Waals surface area (Å²) >= 11 is 0. The third kappa shape index (κ3) is 1.91. The molecular weight excluding hydrogens is 244 g/mol. The van der Waals surface area contributed by atoms with Gasteiger partial charge in [0.1, 0.15) is 13.2 Å². The first-order chi connectivity index (χ1) is 9.18. The van der Waals surface area contributed by atoms with Crippen molar-refractivity contribution in [3.8, 4) is 22.8 Å². The highest BCUT2D eigenvalue weighted by Gasteiger charge is 2.24. The predicted octanol–water partition coefficient (Wildman–Crippen LogP) is 2.82. The van der Waals surface area contributed by atoms with E-state index in [0.29, 0.717) is 30.5 Å². The van der Waals surface area contributed by atoms with Crippen molar-refractivity contribution < 1.29 is 14.0 Å². The summed E-state index contributed by atoms with van der Waals surface area (Å²) in [5.41, 5.74) is 7.62. The van der Waals surface area contributed by atoms with Gasteiger partial charge in [-0.15, -0.1) is 0 Å². The molecule has 2 heterocycles. The number of rotatable bonds is 2. The molecule has 0 spiro atoms. The number of nitrogen functional groups attached to an aromatic ring is 1. The van der Waals surface area contributed by atoms with E-state index in [4.69, 9.17) is 19.7 Å². The normalized spacial score (nSPS) is 13.8. The lowest BCUT2D eigenvalue weighted by Crippen LogP contribution is -2.15. The van der Waals surface area contributed by atoms with E-state index < -0.39 is 0 Å². The number of nitrogens with zero attached hydrogens (tertiary/aromatic N) is 1. The molecule has 0 fully saturated rings. The fourth-order valence-electron chi connectivity index (χ4n) is 2.31. The first-order valence-corrected chi connectivity index (χ1v) is 6.32. The second-order valence-corrected chi connectivity index (χ2v) is 4.80. The molecule has 0 aliphatic carbocycles. The van der Waals surface area contributed by atoms with E-state index in [1.807, 2.05) is 18.2 Å². The van der Waals surface area contributed by atoms with E-state index in [9.17, 15) is 0 Å². The van der Waals surface area contributed by atoms with Crippen LogP contribution in [0.3, 0.4) is 0 Å². The van der Waals surface area contributed by atoms with Gasteiger partial charge in [0.15, 0.2) is 23.1 Å². The van der Waals surface area contributed by atoms with Crippen LogP contribution in [-0.4, -0.2) is 18.4 Å². The van der Waals surface area contributed by atoms with Crippen LogP contribution in [0.5, 0.6) is 11.5 Å². The second-order valence-electron chi connectivity index (χ2n) is 4.80. The molecule has 100 valence electrons. The van der Waals surface area contributed by atoms with Gasteiger partial charge in [0, 0.05) is 5.56 Å². The Morgan fingerprint density at radius 2 is 2.00 bits per heavy atom. The maximum absolute atomic E-state index is 5.88. The molecule has 5 heteroatoms. The minimum Gasteiger partial charge on any atom is -0.486 e. The first kappa shape index (κ1) is 11.9. The van der Waals surface area contributed by atoms with Gasteiger partial charge in [-0.2, -0.15) is 0 Å². The number of anilines is 1. The lowest BCUT2D eigenvalue weighted by molar-refractivity contribution is 0.172. The Morgan fingerprint density at radius 1 is 1.21 bits per heavy atom. The van der Waals surface area contributed by atoms with Gasteiger partial charge in [0.25, 0.3) is 0 Å². The van der Waals surface area contributed by atoms with Gasteiger partial charge in [-0.05, 0) is 18.1 Å². The molecule has 1 aliphatic rings. The molecule has 0 radical (unpaired) electrons. The Morgan fingerprint density at radius 3 is 2.79 bits per heavy atom. The molecule has 0 bridgehead atoms. The summed E-state index contributed by atoms with van der Waals surface area (Å²) in [4.78, 5) is 0. The average Bonchev–Trinajstić information content (AvgIpc) is 2.80. The number of hydrogen-bond acceptors (Lipinski definition) is 5. The van der Waals surface area contributed by atoms with Gasteiger partial charge in [-0.1, -0.05) is 25.1 Å². The van der Waals surface area contributed by atoms with Crippen molar-refractivity contribution in [1.29, 1.82) is 0 Å². The first-order valence-electron chi connectivity index (χ1n) is 6.32. The van der Waals surface area contributed by atoms with Crippen LogP contribution in [-0.2, 0) is 0 Å². The van der Waals surface area contributed by atoms with Crippen molar-refractivity contribution in [1.82, 2.24) is 5.16 Å². The van der Waals surface area contributed by atoms with Crippen molar-refractivity contribution in [2.24, 2.45) is 0 Å². The van der Waals surface area contributed by atoms with Crippen molar-refractivity contribution in [3.63, 3.8) is 0 Å². The highest BCUT2D eigenvalue weighted by atomic mass is 16.6. The summed E-state index contributed by atoms with van der Waals surface area (Å²) in [6.45, 7) is 5.20. The van der Waals surface area contributed by atoms with Gasteiger partial charge >= 0.3 is 0 Å². The third-order valence-electron chi connectivity index (χ3n) is 3.14. The van der Waals surface area contributed by atoms with E-state index in [1.54, 1.807) is 0 Å². The van der Waals surface area contributed by atoms with Gasteiger partial charge in [0.2, 0.25) is 0 Å². The van der Waals surface area contributed by atoms with Crippen LogP contribution in [0.4, 0.5) is 5.82 Å². The molecule has 1 aromatic heterocycles. The van der Waals surface area contributed by atoms with Gasteiger partial charge in [-0.25, -0.2) is 0 Å². The maximum atomic E-state index is 5.88. The maximum Gasteiger partial charge on any atom is 0.176 e. The summed E-state index contributed by atoms with van der Waals surface area (Å²) in [5, 5.41) is 3.87. The van der Waals surface area contributed by atoms with E-state index in [-0.39, 0.29) is 5.92 Å². The van der Waals surface area contributed by atoms with E-state index in [1.165, 1.54) is 0 Å². The molecule has 0 atom stereocenters. The number of para-hydroxylation sites is 1. The van der Waals surface area contributed by atoms with Gasteiger partial charge in [0.05, 0.1) is 5.56 Å². The largest absolute Gasteiger partial charge is 0.486 e. The Bertz CT molecular complexity index is 605. The molecule has 0 saturated heterocycles. The minimum atomic E-state index is 0.224. The van der Waals surface area contributed by atoms with Crippen LogP contribution < -0.4 is 15.2 Å². The molecule has 2 aromatic rings. The highest BCUT2D eigenvalue weighted by molar-refractivity contribution is 5.75. The van der Waals surface area contributed by atoms with Crippen LogP contribution in [0.2, 0.25) is 0 Å². The summed E-state index contributed by atoms with van der Waals surface area (Å²) in [7, 11) is 0. The van der Waals surface area contributed by atoms with Crippen molar-refractivity contribution >= 4 is 5.82 Å². The van der Waals surface area contributed by atoms with E-state index >= 15 is 0 Å². The Balaban J connectivity index is 2.18. The molecule has 1 aliphatic heterocycles. The van der Waals surface area contributed by atoms with Crippen LogP contribution in [0.1, 0.15) is 25.3 Å². The highest BCUT2D eigenvalue weighted by Crippen LogP contribution is 2.43. The Hall–Kier alpha value is -2.17. The zero-order chi connectivity index (χ0) is 13.4. The molecule has 0 unspecified atom stereocenters. The number of hydrogen-bond donors (Lipinski definition) is 1. The number of fused-ring (bicyclic) bond motifs is 1. The molecule has 19 heavy (non-hydrogen) atoms. The van der Waals surface area contributed by atoms with Crippen LogP contribution in [0.15, 0.2) is 22.7 Å². The molecule has 0 saturated carbocycles. The van der Waals surface area contributed by atoms with E-state index in [2.05, 4.69) is 19.0 Å². The van der Waals surface area contributed by atoms with Crippen molar-refractivity contribution in [3.05, 3.63) is 23.8 Å². The van der Waals surface area contributed by atoms with Gasteiger partial charge in [-0.3, -0.25) is 0 Å². The van der Waals surface area contributed by atoms with Crippen LogP contribution in [0.25, 0.3) is 11.3 Å². The SMILES string of the molecule is CC(C)c1c(N)noc1-c1cccc2c1OCCO2. The molecule has 3 rings (SSSR count). The zero-order valence-electron chi connectivity index (χ0n) is 11.0. The zero-order valence-corrected chi connectivity index (χ0v) is 11.0. The summed E-state index contributed by atoms with van der Waals surface area (Å²) in [6.07, 6.45) is 0. The number of aromatic nitrogens is 1. The fourth-order valence-corrected chi connectivity index (χ4v) is 2.31.